The van der Waals surface area contributed by atoms with Crippen molar-refractivity contribution in [2.75, 3.05) is 4.72 Å². The van der Waals surface area contributed by atoms with Gasteiger partial charge in [0, 0.05) is 23.0 Å². The van der Waals surface area contributed by atoms with E-state index in [-0.39, 0.29) is 22.9 Å². The Hall–Kier alpha value is -4.39. The first kappa shape index (κ1) is 25.2. The van der Waals surface area contributed by atoms with Gasteiger partial charge in [-0.3, -0.25) is 34.9 Å². The van der Waals surface area contributed by atoms with Crippen molar-refractivity contribution >= 4 is 27.5 Å². The van der Waals surface area contributed by atoms with E-state index in [2.05, 4.69) is 20.6 Å². The maximum absolute atomic E-state index is 12.5. The summed E-state index contributed by atoms with van der Waals surface area (Å²) in [5, 5.41) is 0. The molecule has 0 aliphatic carbocycles. The highest BCUT2D eigenvalue weighted by Crippen LogP contribution is 2.16. The number of sulfonamides is 1. The van der Waals surface area contributed by atoms with Crippen LogP contribution in [0.25, 0.3) is 0 Å². The highest BCUT2D eigenvalue weighted by Gasteiger charge is 2.19. The molecule has 1 unspecified atom stereocenters. The maximum Gasteiger partial charge on any atom is 0.325 e. The largest absolute Gasteiger partial charge is 0.491 e. The van der Waals surface area contributed by atoms with Crippen molar-refractivity contribution in [1.82, 2.24) is 20.8 Å². The second kappa shape index (κ2) is 10.7. The molecule has 5 N–H and O–H groups in total. The molecule has 3 aromatic rings. The Bertz CT molecular complexity index is 1450. The molecule has 2 aromatic carbocycles. The van der Waals surface area contributed by atoms with Crippen LogP contribution in [0.4, 0.5) is 5.69 Å². The van der Waals surface area contributed by atoms with Crippen LogP contribution < -0.4 is 31.6 Å². The zero-order valence-electron chi connectivity index (χ0n) is 18.7. The number of rotatable bonds is 8. The average Bonchev–Trinajstić information content (AvgIpc) is 2.82. The molecule has 0 aliphatic heterocycles. The summed E-state index contributed by atoms with van der Waals surface area (Å²) in [6.45, 7) is 3.92. The number of carbonyl (C=O) groups excluding carboxylic acids is 2. The third kappa shape index (κ3) is 6.57. The van der Waals surface area contributed by atoms with Crippen LogP contribution in [0.3, 0.4) is 0 Å². The van der Waals surface area contributed by atoms with Gasteiger partial charge >= 0.3 is 5.69 Å². The molecular weight excluding hydrogens is 478 g/mol. The number of carbonyl (C=O) groups is 2. The molecule has 35 heavy (non-hydrogen) atoms. The van der Waals surface area contributed by atoms with E-state index < -0.39 is 38.0 Å². The fraction of sp³-hybridized carbons (Fsp3) is 0.182. The quantitative estimate of drug-likeness (QED) is 0.287. The van der Waals surface area contributed by atoms with E-state index >= 15 is 0 Å². The first-order valence-electron chi connectivity index (χ1n) is 10.4. The molecule has 0 saturated heterocycles. The summed E-state index contributed by atoms with van der Waals surface area (Å²) in [5.74, 6) is -0.663. The van der Waals surface area contributed by atoms with Crippen LogP contribution in [0.5, 0.6) is 5.75 Å². The molecule has 0 saturated carbocycles. The summed E-state index contributed by atoms with van der Waals surface area (Å²) in [6, 6.07) is 11.8. The van der Waals surface area contributed by atoms with Gasteiger partial charge in [0.25, 0.3) is 27.4 Å². The Morgan fingerprint density at radius 2 is 1.66 bits per heavy atom. The van der Waals surface area contributed by atoms with E-state index in [0.29, 0.717) is 5.75 Å². The Kier molecular flexibility index (Phi) is 7.71. The smallest absolute Gasteiger partial charge is 0.325 e. The molecule has 1 heterocycles. The second-order valence-corrected chi connectivity index (χ2v) is 9.04. The molecule has 12 nitrogen and oxygen atoms in total. The first-order chi connectivity index (χ1) is 16.6. The summed E-state index contributed by atoms with van der Waals surface area (Å²) >= 11 is 0. The topological polar surface area (TPSA) is 179 Å². The van der Waals surface area contributed by atoms with E-state index in [1.165, 1.54) is 24.3 Å². The highest BCUT2D eigenvalue weighted by atomic mass is 32.2. The van der Waals surface area contributed by atoms with Crippen LogP contribution in [0.15, 0.2) is 69.2 Å². The number of aromatic nitrogens is 2. The maximum atomic E-state index is 12.5. The third-order valence-electron chi connectivity index (χ3n) is 4.77. The molecule has 0 fully saturated rings. The molecule has 184 valence electrons. The minimum Gasteiger partial charge on any atom is -0.491 e. The normalized spacial score (nSPS) is 11.8. The van der Waals surface area contributed by atoms with E-state index in [1.807, 2.05) is 18.8 Å². The third-order valence-corrected chi connectivity index (χ3v) is 6.16. The van der Waals surface area contributed by atoms with Gasteiger partial charge in [-0.15, -0.1) is 0 Å². The average molecular weight is 502 g/mol. The van der Waals surface area contributed by atoms with E-state index in [1.54, 1.807) is 24.3 Å². The number of amides is 2. The number of nitrogens with one attached hydrogen (secondary N) is 5. The lowest BCUT2D eigenvalue weighted by Crippen LogP contribution is -2.41. The zero-order chi connectivity index (χ0) is 25.6. The molecule has 0 spiro atoms. The van der Waals surface area contributed by atoms with Crippen molar-refractivity contribution in [1.29, 1.82) is 0 Å². The number of benzene rings is 2. The number of anilines is 1. The molecule has 3 rings (SSSR count). The Morgan fingerprint density at radius 1 is 1.00 bits per heavy atom. The van der Waals surface area contributed by atoms with Crippen LogP contribution >= 0.6 is 0 Å². The molecule has 0 aliphatic rings. The number of hydrazine groups is 1. The highest BCUT2D eigenvalue weighted by molar-refractivity contribution is 7.92. The second-order valence-electron chi connectivity index (χ2n) is 7.39. The van der Waals surface area contributed by atoms with Gasteiger partial charge < -0.3 is 9.72 Å². The van der Waals surface area contributed by atoms with Crippen molar-refractivity contribution in [2.45, 2.75) is 31.3 Å². The fourth-order valence-corrected chi connectivity index (χ4v) is 3.85. The van der Waals surface area contributed by atoms with Gasteiger partial charge in [-0.25, -0.2) is 13.2 Å². The van der Waals surface area contributed by atoms with Crippen molar-refractivity contribution < 1.29 is 22.7 Å². The zero-order valence-corrected chi connectivity index (χ0v) is 19.6. The Morgan fingerprint density at radius 3 is 2.29 bits per heavy atom. The Balaban J connectivity index is 1.64. The van der Waals surface area contributed by atoms with Crippen LogP contribution in [0.1, 0.15) is 41.0 Å². The van der Waals surface area contributed by atoms with Gasteiger partial charge in [-0.1, -0.05) is 13.0 Å². The standard InChI is InChI=1S/C22H23N5O7S/c1-3-13(2)34-17-9-7-14(8-10-17)19(28)25-26-20(29)15-5-4-6-16(11-15)27-35(32,33)18-12-23-22(31)24-21(18)30/h4-13,27H,3H2,1-2H3,(H,25,28)(H,26,29)(H2,23,24,30,31). The minimum atomic E-state index is -4.35. The predicted octanol–water partition coefficient (Wildman–Crippen LogP) is 1.12. The fourth-order valence-electron chi connectivity index (χ4n) is 2.79. The molecule has 0 radical (unpaired) electrons. The van der Waals surface area contributed by atoms with E-state index in [0.717, 1.165) is 12.6 Å². The number of ether oxygens (including phenoxy) is 1. The van der Waals surface area contributed by atoms with Crippen molar-refractivity contribution in [2.24, 2.45) is 0 Å². The molecule has 0 bridgehead atoms. The lowest BCUT2D eigenvalue weighted by Gasteiger charge is -2.13. The molecule has 13 heteroatoms. The van der Waals surface area contributed by atoms with Crippen LogP contribution in [-0.2, 0) is 10.0 Å². The number of hydrogen-bond donors (Lipinski definition) is 5. The van der Waals surface area contributed by atoms with Gasteiger partial charge in [-0.05, 0) is 55.8 Å². The van der Waals surface area contributed by atoms with Crippen LogP contribution in [0, 0.1) is 0 Å². The van der Waals surface area contributed by atoms with Crippen LogP contribution in [-0.4, -0.2) is 36.3 Å². The lowest BCUT2D eigenvalue weighted by molar-refractivity contribution is 0.0846. The lowest BCUT2D eigenvalue weighted by atomic mass is 10.2. The summed E-state index contributed by atoms with van der Waals surface area (Å²) in [6.07, 6.45) is 1.63. The number of hydrogen-bond acceptors (Lipinski definition) is 7. The van der Waals surface area contributed by atoms with Gasteiger partial charge in [0.2, 0.25) is 0 Å². The van der Waals surface area contributed by atoms with Crippen molar-refractivity contribution in [3.63, 3.8) is 0 Å². The van der Waals surface area contributed by atoms with E-state index in [4.69, 9.17) is 4.74 Å². The number of aromatic amines is 2. The first-order valence-corrected chi connectivity index (χ1v) is 11.9. The summed E-state index contributed by atoms with van der Waals surface area (Å²) in [4.78, 5) is 50.9. The molecular formula is C22H23N5O7S. The summed E-state index contributed by atoms with van der Waals surface area (Å²) < 4.78 is 32.7. The minimum absolute atomic E-state index is 0.0218. The van der Waals surface area contributed by atoms with E-state index in [9.17, 15) is 27.6 Å². The molecule has 1 atom stereocenters. The van der Waals surface area contributed by atoms with Crippen molar-refractivity contribution in [3.8, 4) is 5.75 Å². The van der Waals surface area contributed by atoms with Gasteiger partial charge in [0.15, 0.2) is 4.90 Å². The number of H-pyrrole nitrogens is 2. The predicted molar refractivity (Wildman–Crippen MR) is 127 cm³/mol. The van der Waals surface area contributed by atoms with Crippen molar-refractivity contribution in [3.05, 3.63) is 86.7 Å². The van der Waals surface area contributed by atoms with Crippen LogP contribution in [0.2, 0.25) is 0 Å². The monoisotopic (exact) mass is 501 g/mol. The SMILES string of the molecule is CCC(C)Oc1ccc(C(=O)NNC(=O)c2cccc(NS(=O)(=O)c3c[nH]c(=O)[nH]c3=O)c2)cc1. The Labute approximate surface area is 199 Å². The molecule has 1 aromatic heterocycles. The molecule has 2 amide bonds. The summed E-state index contributed by atoms with van der Waals surface area (Å²) in [5.41, 5.74) is 2.86. The van der Waals surface area contributed by atoms with Gasteiger partial charge in [0.1, 0.15) is 5.75 Å². The van der Waals surface area contributed by atoms with Gasteiger partial charge in [-0.2, -0.15) is 0 Å². The summed E-state index contributed by atoms with van der Waals surface area (Å²) in [7, 11) is -4.35. The van der Waals surface area contributed by atoms with Gasteiger partial charge in [0.05, 0.1) is 6.10 Å².